The molecule has 1 fully saturated rings. The van der Waals surface area contributed by atoms with E-state index >= 15 is 0 Å². The van der Waals surface area contributed by atoms with Gasteiger partial charge in [-0.15, -0.1) is 0 Å². The Morgan fingerprint density at radius 1 is 1.23 bits per heavy atom. The minimum absolute atomic E-state index is 0.110. The number of carbonyl (C=O) groups excluding carboxylic acids is 2. The van der Waals surface area contributed by atoms with E-state index in [1.807, 2.05) is 0 Å². The number of nitrogens with one attached hydrogen (secondary N) is 1. The number of carbonyl (C=O) groups is 2. The lowest BCUT2D eigenvalue weighted by atomic mass is 10.1. The van der Waals surface area contributed by atoms with Crippen molar-refractivity contribution in [2.24, 2.45) is 5.92 Å². The number of amides is 2. The van der Waals surface area contributed by atoms with Crippen LogP contribution in [0.4, 0.5) is 5.69 Å². The third kappa shape index (κ3) is 5.46. The lowest BCUT2D eigenvalue weighted by molar-refractivity contribution is -0.146. The van der Waals surface area contributed by atoms with Gasteiger partial charge in [-0.1, -0.05) is 13.8 Å². The quantitative estimate of drug-likeness (QED) is 0.772. The number of rotatable bonds is 8. The van der Waals surface area contributed by atoms with Crippen LogP contribution in [-0.2, 0) is 14.3 Å². The van der Waals surface area contributed by atoms with Crippen LogP contribution in [-0.4, -0.2) is 49.1 Å². The lowest BCUT2D eigenvalue weighted by Crippen LogP contribution is -2.47. The number of hydrogen-bond acceptors (Lipinski definition) is 4. The molecule has 0 saturated carbocycles. The summed E-state index contributed by atoms with van der Waals surface area (Å²) < 4.78 is 10.8. The van der Waals surface area contributed by atoms with Crippen molar-refractivity contribution in [3.8, 4) is 5.75 Å². The van der Waals surface area contributed by atoms with Gasteiger partial charge in [-0.3, -0.25) is 9.59 Å². The van der Waals surface area contributed by atoms with E-state index in [1.54, 1.807) is 43.2 Å². The van der Waals surface area contributed by atoms with Crippen molar-refractivity contribution in [2.75, 3.05) is 25.6 Å². The van der Waals surface area contributed by atoms with Crippen molar-refractivity contribution in [1.82, 2.24) is 4.90 Å². The van der Waals surface area contributed by atoms with Gasteiger partial charge in [-0.2, -0.15) is 0 Å². The summed E-state index contributed by atoms with van der Waals surface area (Å²) in [6, 6.07) is 6.71. The van der Waals surface area contributed by atoms with Crippen molar-refractivity contribution in [3.05, 3.63) is 24.3 Å². The molecule has 6 heteroatoms. The zero-order chi connectivity index (χ0) is 19.1. The van der Waals surface area contributed by atoms with E-state index in [0.717, 1.165) is 18.6 Å². The first-order valence-electron chi connectivity index (χ1n) is 9.29. The minimum Gasteiger partial charge on any atom is -0.497 e. The predicted octanol–water partition coefficient (Wildman–Crippen LogP) is 3.08. The summed E-state index contributed by atoms with van der Waals surface area (Å²) in [6.07, 6.45) is 1.89. The molecule has 1 N–H and O–H groups in total. The summed E-state index contributed by atoms with van der Waals surface area (Å²) in [5, 5.41) is 2.89. The van der Waals surface area contributed by atoms with Gasteiger partial charge in [-0.25, -0.2) is 0 Å². The van der Waals surface area contributed by atoms with Crippen LogP contribution in [0.3, 0.4) is 0 Å². The fraction of sp³-hybridized carbons (Fsp3) is 0.600. The fourth-order valence-corrected chi connectivity index (χ4v) is 2.99. The van der Waals surface area contributed by atoms with E-state index in [0.29, 0.717) is 31.2 Å². The molecule has 0 spiro atoms. The van der Waals surface area contributed by atoms with Gasteiger partial charge in [0.2, 0.25) is 5.91 Å². The van der Waals surface area contributed by atoms with Gasteiger partial charge in [0, 0.05) is 18.8 Å². The standard InChI is InChI=1S/C20H30N2O4/c1-14(2)11-13-26-15(3)20(24)22-12-5-6-18(22)19(23)21-16-7-9-17(25-4)10-8-16/h7-10,14-15,18H,5-6,11-13H2,1-4H3,(H,21,23). The number of methoxy groups -OCH3 is 1. The van der Waals surface area contributed by atoms with E-state index in [9.17, 15) is 9.59 Å². The second kappa shape index (κ2) is 9.57. The molecule has 0 aliphatic carbocycles. The van der Waals surface area contributed by atoms with Crippen LogP contribution >= 0.6 is 0 Å². The summed E-state index contributed by atoms with van der Waals surface area (Å²) in [5.41, 5.74) is 0.691. The molecule has 0 bridgehead atoms. The Morgan fingerprint density at radius 3 is 2.54 bits per heavy atom. The summed E-state index contributed by atoms with van der Waals surface area (Å²) in [6.45, 7) is 7.16. The third-order valence-corrected chi connectivity index (χ3v) is 4.61. The zero-order valence-corrected chi connectivity index (χ0v) is 16.2. The highest BCUT2D eigenvalue weighted by atomic mass is 16.5. The number of benzene rings is 1. The Hall–Kier alpha value is -2.08. The lowest BCUT2D eigenvalue weighted by Gasteiger charge is -2.27. The molecule has 1 heterocycles. The molecule has 1 aromatic carbocycles. The minimum atomic E-state index is -0.525. The van der Waals surface area contributed by atoms with Crippen molar-refractivity contribution in [1.29, 1.82) is 0 Å². The van der Waals surface area contributed by atoms with Gasteiger partial charge in [0.1, 0.15) is 17.9 Å². The highest BCUT2D eigenvalue weighted by molar-refractivity contribution is 5.98. The first kappa shape index (κ1) is 20.2. The molecule has 2 rings (SSSR count). The molecule has 2 unspecified atom stereocenters. The van der Waals surface area contributed by atoms with Gasteiger partial charge < -0.3 is 19.7 Å². The largest absolute Gasteiger partial charge is 0.497 e. The summed E-state index contributed by atoms with van der Waals surface area (Å²) >= 11 is 0. The van der Waals surface area contributed by atoms with E-state index < -0.39 is 12.1 Å². The van der Waals surface area contributed by atoms with Crippen molar-refractivity contribution in [2.45, 2.75) is 52.2 Å². The highest BCUT2D eigenvalue weighted by Gasteiger charge is 2.36. The number of hydrogen-bond donors (Lipinski definition) is 1. The molecular weight excluding hydrogens is 332 g/mol. The SMILES string of the molecule is COc1ccc(NC(=O)C2CCCN2C(=O)C(C)OCCC(C)C)cc1. The first-order valence-corrected chi connectivity index (χ1v) is 9.29. The topological polar surface area (TPSA) is 67.9 Å². The monoisotopic (exact) mass is 362 g/mol. The molecule has 144 valence electrons. The van der Waals surface area contributed by atoms with Crippen molar-refractivity contribution < 1.29 is 19.1 Å². The Balaban J connectivity index is 1.92. The summed E-state index contributed by atoms with van der Waals surface area (Å²) in [5.74, 6) is 0.997. The molecule has 1 aliphatic heterocycles. The Kier molecular flexibility index (Phi) is 7.45. The fourth-order valence-electron chi connectivity index (χ4n) is 2.99. The molecule has 6 nitrogen and oxygen atoms in total. The van der Waals surface area contributed by atoms with Gasteiger partial charge >= 0.3 is 0 Å². The molecule has 1 saturated heterocycles. The normalized spacial score (nSPS) is 18.0. The highest BCUT2D eigenvalue weighted by Crippen LogP contribution is 2.22. The summed E-state index contributed by atoms with van der Waals surface area (Å²) in [7, 11) is 1.60. The van der Waals surface area contributed by atoms with Crippen LogP contribution < -0.4 is 10.1 Å². The number of anilines is 1. The van der Waals surface area contributed by atoms with Gasteiger partial charge in [0.05, 0.1) is 7.11 Å². The Labute approximate surface area is 155 Å². The molecule has 1 aromatic rings. The Morgan fingerprint density at radius 2 is 1.92 bits per heavy atom. The maximum Gasteiger partial charge on any atom is 0.252 e. The van der Waals surface area contributed by atoms with E-state index in [2.05, 4.69) is 19.2 Å². The molecule has 26 heavy (non-hydrogen) atoms. The number of ether oxygens (including phenoxy) is 2. The summed E-state index contributed by atoms with van der Waals surface area (Å²) in [4.78, 5) is 27.0. The average molecular weight is 362 g/mol. The second-order valence-electron chi connectivity index (χ2n) is 7.10. The smallest absolute Gasteiger partial charge is 0.252 e. The third-order valence-electron chi connectivity index (χ3n) is 4.61. The van der Waals surface area contributed by atoms with Crippen LogP contribution in [0.1, 0.15) is 40.0 Å². The van der Waals surface area contributed by atoms with Crippen molar-refractivity contribution >= 4 is 17.5 Å². The second-order valence-corrected chi connectivity index (χ2v) is 7.10. The van der Waals surface area contributed by atoms with Crippen LogP contribution in [0.15, 0.2) is 24.3 Å². The zero-order valence-electron chi connectivity index (χ0n) is 16.2. The first-order chi connectivity index (χ1) is 12.4. The van der Waals surface area contributed by atoms with Crippen LogP contribution in [0.5, 0.6) is 5.75 Å². The van der Waals surface area contributed by atoms with E-state index in [1.165, 1.54) is 0 Å². The maximum atomic E-state index is 12.7. The number of nitrogens with zero attached hydrogens (tertiary/aromatic N) is 1. The van der Waals surface area contributed by atoms with Crippen LogP contribution in [0, 0.1) is 5.92 Å². The average Bonchev–Trinajstić information content (AvgIpc) is 3.11. The van der Waals surface area contributed by atoms with E-state index in [4.69, 9.17) is 9.47 Å². The van der Waals surface area contributed by atoms with Crippen LogP contribution in [0.2, 0.25) is 0 Å². The molecular formula is C20H30N2O4. The molecule has 1 aliphatic rings. The van der Waals surface area contributed by atoms with Gasteiger partial charge in [0.15, 0.2) is 0 Å². The Bertz CT molecular complexity index is 600. The van der Waals surface area contributed by atoms with Crippen molar-refractivity contribution in [3.63, 3.8) is 0 Å². The van der Waals surface area contributed by atoms with Gasteiger partial charge in [0.25, 0.3) is 5.91 Å². The number of likely N-dealkylation sites (tertiary alicyclic amines) is 1. The van der Waals surface area contributed by atoms with E-state index in [-0.39, 0.29) is 11.8 Å². The maximum absolute atomic E-state index is 12.7. The van der Waals surface area contributed by atoms with Gasteiger partial charge in [-0.05, 0) is 56.4 Å². The molecule has 2 amide bonds. The molecule has 0 aromatic heterocycles. The molecule has 0 radical (unpaired) electrons. The molecule has 2 atom stereocenters. The predicted molar refractivity (Wildman–Crippen MR) is 101 cm³/mol. The van der Waals surface area contributed by atoms with Crippen LogP contribution in [0.25, 0.3) is 0 Å².